The van der Waals surface area contributed by atoms with Gasteiger partial charge in [0, 0.05) is 6.54 Å². The van der Waals surface area contributed by atoms with Crippen molar-refractivity contribution in [3.8, 4) is 0 Å². The lowest BCUT2D eigenvalue weighted by atomic mass is 10.0. The molecule has 1 aromatic heterocycles. The van der Waals surface area contributed by atoms with Crippen LogP contribution in [0, 0.1) is 0 Å². The van der Waals surface area contributed by atoms with E-state index in [4.69, 9.17) is 9.84 Å². The summed E-state index contributed by atoms with van der Waals surface area (Å²) in [6.45, 7) is 8.73. The quantitative estimate of drug-likeness (QED) is 0.0897. The van der Waals surface area contributed by atoms with Gasteiger partial charge in [0.2, 0.25) is 0 Å². The minimum absolute atomic E-state index is 0.251. The van der Waals surface area contributed by atoms with Crippen molar-refractivity contribution >= 4 is 0 Å². The molecule has 0 aliphatic heterocycles. The van der Waals surface area contributed by atoms with Gasteiger partial charge in [-0.1, -0.05) is 78.6 Å². The molecule has 5 atom stereocenters. The lowest BCUT2D eigenvalue weighted by molar-refractivity contribution is -0.0808. The first-order chi connectivity index (χ1) is 20.3. The Morgan fingerprint density at radius 1 is 0.714 bits per heavy atom. The van der Waals surface area contributed by atoms with Gasteiger partial charge in [-0.05, 0) is 62.2 Å². The smallest absolute Gasteiger partial charge is 0.364 e. The molecule has 0 saturated heterocycles. The van der Waals surface area contributed by atoms with Crippen LogP contribution in [-0.4, -0.2) is 114 Å². The number of aromatic nitrogens is 4. The summed E-state index contributed by atoms with van der Waals surface area (Å²) in [7, 11) is 0. The highest BCUT2D eigenvalue weighted by Crippen LogP contribution is 2.16. The van der Waals surface area contributed by atoms with Crippen LogP contribution in [0.1, 0.15) is 117 Å². The fraction of sp³-hybridized carbons (Fsp3) is 0.967. The second kappa shape index (κ2) is 24.0. The molecule has 12 nitrogen and oxygen atoms in total. The number of hydrogen-bond donors (Lipinski definition) is 5. The zero-order chi connectivity index (χ0) is 31.2. The topological polar surface area (TPSA) is 166 Å². The minimum Gasteiger partial charge on any atom is -0.394 e. The van der Waals surface area contributed by atoms with Crippen LogP contribution in [-0.2, 0) is 11.3 Å². The van der Waals surface area contributed by atoms with Crippen molar-refractivity contribution in [3.05, 3.63) is 10.5 Å². The highest BCUT2D eigenvalue weighted by atomic mass is 16.5. The van der Waals surface area contributed by atoms with Crippen molar-refractivity contribution in [2.75, 3.05) is 39.5 Å². The molecule has 1 rings (SSSR count). The average Bonchev–Trinajstić information content (AvgIpc) is 3.36. The molecule has 0 aromatic carbocycles. The molecule has 42 heavy (non-hydrogen) atoms. The number of ether oxygens (including phenoxy) is 1. The molecule has 0 radical (unpaired) electrons. The Kier molecular flexibility index (Phi) is 22.0. The van der Waals surface area contributed by atoms with Crippen molar-refractivity contribution in [1.29, 1.82) is 0 Å². The van der Waals surface area contributed by atoms with E-state index in [1.807, 2.05) is 0 Å². The fourth-order valence-corrected chi connectivity index (χ4v) is 4.98. The van der Waals surface area contributed by atoms with E-state index in [0.29, 0.717) is 6.54 Å². The predicted octanol–water partition coefficient (Wildman–Crippen LogP) is 2.26. The number of tetrazole rings is 1. The molecule has 5 N–H and O–H groups in total. The number of rotatable bonds is 28. The SMILES string of the molecule is CCCCCCCN(CCCCCCC)CCCCCn1nnn([C@@H](COC[C@H](O)[C@@H](O)CO)[C@H](O)[C@H](O)CC)c1=O. The van der Waals surface area contributed by atoms with Crippen molar-refractivity contribution in [2.24, 2.45) is 0 Å². The summed E-state index contributed by atoms with van der Waals surface area (Å²) < 4.78 is 7.69. The maximum atomic E-state index is 13.1. The zero-order valence-corrected chi connectivity index (χ0v) is 26.5. The number of aliphatic hydroxyl groups is 5. The Labute approximate surface area is 252 Å². The van der Waals surface area contributed by atoms with Gasteiger partial charge in [0.05, 0.1) is 25.9 Å². The third kappa shape index (κ3) is 15.4. The van der Waals surface area contributed by atoms with Gasteiger partial charge in [0.15, 0.2) is 0 Å². The molecule has 12 heteroatoms. The van der Waals surface area contributed by atoms with Gasteiger partial charge in [-0.2, -0.15) is 9.36 Å². The summed E-state index contributed by atoms with van der Waals surface area (Å²) in [5.74, 6) is 0. The van der Waals surface area contributed by atoms with Gasteiger partial charge in [-0.15, -0.1) is 0 Å². The second-order valence-corrected chi connectivity index (χ2v) is 11.5. The normalized spacial score (nSPS) is 15.6. The summed E-state index contributed by atoms with van der Waals surface area (Å²) >= 11 is 0. The third-order valence-corrected chi connectivity index (χ3v) is 7.89. The van der Waals surface area contributed by atoms with Crippen molar-refractivity contribution in [2.45, 2.75) is 148 Å². The van der Waals surface area contributed by atoms with E-state index in [2.05, 4.69) is 29.2 Å². The average molecular weight is 604 g/mol. The molecule has 0 fully saturated rings. The number of nitrogens with zero attached hydrogens (tertiary/aromatic N) is 5. The van der Waals surface area contributed by atoms with Crippen LogP contribution in [0.3, 0.4) is 0 Å². The van der Waals surface area contributed by atoms with E-state index >= 15 is 0 Å². The van der Waals surface area contributed by atoms with Gasteiger partial charge in [0.1, 0.15) is 24.4 Å². The first-order valence-corrected chi connectivity index (χ1v) is 16.5. The lowest BCUT2D eigenvalue weighted by Gasteiger charge is -2.26. The van der Waals surface area contributed by atoms with Crippen LogP contribution < -0.4 is 5.69 Å². The van der Waals surface area contributed by atoms with Crippen LogP contribution in [0.4, 0.5) is 0 Å². The standard InChI is InChI=1S/C30H61N5O7/c1-4-7-9-11-14-18-33(19-15-12-10-8-5-2)20-16-13-17-21-34-30(41)35(32-31-34)25(29(40)26(37)6-3)23-42-24-28(39)27(38)22-36/h25-29,36-40H,4-24H2,1-3H3/t25-,26+,27-,28-,29-/m0/s1. The van der Waals surface area contributed by atoms with E-state index in [9.17, 15) is 25.2 Å². The largest absolute Gasteiger partial charge is 0.394 e. The van der Waals surface area contributed by atoms with E-state index < -0.39 is 42.8 Å². The first-order valence-electron chi connectivity index (χ1n) is 16.5. The van der Waals surface area contributed by atoms with Crippen LogP contribution in [0.25, 0.3) is 0 Å². The number of hydrogen-bond acceptors (Lipinski definition) is 10. The summed E-state index contributed by atoms with van der Waals surface area (Å²) in [5.41, 5.74) is -0.511. The Morgan fingerprint density at radius 3 is 1.79 bits per heavy atom. The maximum absolute atomic E-state index is 13.1. The Morgan fingerprint density at radius 2 is 1.26 bits per heavy atom. The second-order valence-electron chi connectivity index (χ2n) is 11.5. The molecular formula is C30H61N5O7. The van der Waals surface area contributed by atoms with E-state index in [1.165, 1.54) is 68.9 Å². The molecule has 0 saturated carbocycles. The maximum Gasteiger partial charge on any atom is 0.364 e. The van der Waals surface area contributed by atoms with E-state index in [1.54, 1.807) is 6.92 Å². The van der Waals surface area contributed by atoms with Crippen molar-refractivity contribution in [1.82, 2.24) is 24.7 Å². The van der Waals surface area contributed by atoms with Crippen molar-refractivity contribution in [3.63, 3.8) is 0 Å². The molecule has 0 bridgehead atoms. The van der Waals surface area contributed by atoms with Crippen LogP contribution in [0.5, 0.6) is 0 Å². The molecule has 0 aliphatic carbocycles. The van der Waals surface area contributed by atoms with Crippen molar-refractivity contribution < 1.29 is 30.3 Å². The van der Waals surface area contributed by atoms with E-state index in [-0.39, 0.29) is 19.6 Å². The van der Waals surface area contributed by atoms with Crippen LogP contribution in [0.15, 0.2) is 4.79 Å². The highest BCUT2D eigenvalue weighted by Gasteiger charge is 2.31. The fourth-order valence-electron chi connectivity index (χ4n) is 4.98. The molecular weight excluding hydrogens is 542 g/mol. The number of unbranched alkanes of at least 4 members (excludes halogenated alkanes) is 10. The predicted molar refractivity (Wildman–Crippen MR) is 163 cm³/mol. The van der Waals surface area contributed by atoms with Gasteiger partial charge < -0.3 is 35.2 Å². The first kappa shape index (κ1) is 38.6. The Hall–Kier alpha value is -1.41. The summed E-state index contributed by atoms with van der Waals surface area (Å²) in [6, 6.07) is -1.04. The van der Waals surface area contributed by atoms with E-state index in [0.717, 1.165) is 43.6 Å². The Bertz CT molecular complexity index is 810. The minimum atomic E-state index is -1.37. The van der Waals surface area contributed by atoms with Gasteiger partial charge >= 0.3 is 5.69 Å². The van der Waals surface area contributed by atoms with Crippen LogP contribution in [0.2, 0.25) is 0 Å². The van der Waals surface area contributed by atoms with Gasteiger partial charge in [-0.3, -0.25) is 0 Å². The molecule has 1 aromatic rings. The molecule has 0 aliphatic rings. The summed E-state index contributed by atoms with van der Waals surface area (Å²) in [4.78, 5) is 15.7. The Balaban J connectivity index is 2.64. The summed E-state index contributed by atoms with van der Waals surface area (Å²) in [5, 5.41) is 57.1. The molecule has 0 amide bonds. The van der Waals surface area contributed by atoms with Gasteiger partial charge in [-0.25, -0.2) is 4.79 Å². The summed E-state index contributed by atoms with van der Waals surface area (Å²) in [6.07, 6.45) is 10.7. The zero-order valence-electron chi connectivity index (χ0n) is 26.5. The molecule has 0 spiro atoms. The highest BCUT2D eigenvalue weighted by molar-refractivity contribution is 4.81. The molecule has 0 unspecified atom stereocenters. The molecule has 248 valence electrons. The molecule has 1 heterocycles. The number of aliphatic hydroxyl groups excluding tert-OH is 5. The lowest BCUT2D eigenvalue weighted by Crippen LogP contribution is -2.43. The third-order valence-electron chi connectivity index (χ3n) is 7.89. The van der Waals surface area contributed by atoms with Crippen LogP contribution >= 0.6 is 0 Å². The number of aryl methyl sites for hydroxylation is 1. The van der Waals surface area contributed by atoms with Gasteiger partial charge in [0.25, 0.3) is 0 Å². The monoisotopic (exact) mass is 603 g/mol.